The van der Waals surface area contributed by atoms with Crippen LogP contribution in [0, 0.1) is 13.8 Å². The zero-order valence-corrected chi connectivity index (χ0v) is 23.6. The molecule has 0 spiro atoms. The Labute approximate surface area is 232 Å². The number of sulfonamides is 1. The minimum Gasteiger partial charge on any atom is -0.356 e. The number of hydrogen-bond acceptors (Lipinski definition) is 5. The summed E-state index contributed by atoms with van der Waals surface area (Å²) in [7, 11) is -3.79. The average Bonchev–Trinajstić information content (AvgIpc) is 2.90. The summed E-state index contributed by atoms with van der Waals surface area (Å²) in [4.78, 5) is 0.111. The van der Waals surface area contributed by atoms with Gasteiger partial charge in [-0.15, -0.1) is 0 Å². The van der Waals surface area contributed by atoms with Crippen LogP contribution in [0.4, 0.5) is 5.69 Å². The van der Waals surface area contributed by atoms with Crippen molar-refractivity contribution in [2.45, 2.75) is 18.7 Å². The minimum absolute atomic E-state index is 0.111. The van der Waals surface area contributed by atoms with Crippen molar-refractivity contribution in [3.8, 4) is 11.1 Å². The van der Waals surface area contributed by atoms with Crippen LogP contribution < -0.4 is 15.9 Å². The van der Waals surface area contributed by atoms with E-state index in [4.69, 9.17) is 10.3 Å². The second-order valence-corrected chi connectivity index (χ2v) is 11.1. The summed E-state index contributed by atoms with van der Waals surface area (Å²) in [5.41, 5.74) is 9.73. The van der Waals surface area contributed by atoms with E-state index in [2.05, 4.69) is 34.4 Å². The van der Waals surface area contributed by atoms with Crippen molar-refractivity contribution in [1.29, 1.82) is 0 Å². The van der Waals surface area contributed by atoms with Crippen molar-refractivity contribution in [2.24, 2.45) is 5.14 Å². The van der Waals surface area contributed by atoms with E-state index in [-0.39, 0.29) is 4.90 Å². The summed E-state index contributed by atoms with van der Waals surface area (Å²) in [6, 6.07) is 28.0. The Morgan fingerprint density at radius 1 is 0.868 bits per heavy atom. The van der Waals surface area contributed by atoms with Gasteiger partial charge in [-0.1, -0.05) is 89.2 Å². The van der Waals surface area contributed by atoms with E-state index >= 15 is 0 Å². The number of primary sulfonamides is 1. The van der Waals surface area contributed by atoms with Crippen molar-refractivity contribution in [3.05, 3.63) is 131 Å². The Kier molecular flexibility index (Phi) is 9.66. The van der Waals surface area contributed by atoms with Crippen molar-refractivity contribution < 1.29 is 13.6 Å². The molecule has 4 aromatic rings. The number of benzene rings is 4. The molecule has 0 aliphatic rings. The van der Waals surface area contributed by atoms with Crippen LogP contribution in [0.2, 0.25) is 0 Å². The normalized spacial score (nSPS) is 10.7. The van der Waals surface area contributed by atoms with Gasteiger partial charge in [0.15, 0.2) is 0 Å². The second kappa shape index (κ2) is 12.7. The van der Waals surface area contributed by atoms with Gasteiger partial charge in [0.05, 0.1) is 10.6 Å². The second-order valence-electron chi connectivity index (χ2n) is 8.64. The molecule has 6 nitrogen and oxygen atoms in total. The molecular weight excluding hydrogens is 562 g/mol. The van der Waals surface area contributed by atoms with Crippen molar-refractivity contribution in [3.63, 3.8) is 0 Å². The number of halogens is 1. The van der Waals surface area contributed by atoms with Crippen molar-refractivity contribution in [2.75, 3.05) is 5.32 Å². The Morgan fingerprint density at radius 2 is 1.55 bits per heavy atom. The molecule has 8 heteroatoms. The smallest absolute Gasteiger partial charge is 0.238 e. The summed E-state index contributed by atoms with van der Waals surface area (Å²) < 4.78 is 24.6. The SMILES string of the molecule is C=C(NO)c1cccc(C)c1.C=C(Nc1ccc(-c2ccccc2S(N)(=O)=O)cc1)c1cc(Br)ccc1C. The first kappa shape index (κ1) is 28.9. The van der Waals surface area contributed by atoms with Crippen LogP contribution in [-0.4, -0.2) is 13.6 Å². The Morgan fingerprint density at radius 3 is 2.18 bits per heavy atom. The highest BCUT2D eigenvalue weighted by molar-refractivity contribution is 9.10. The van der Waals surface area contributed by atoms with Crippen molar-refractivity contribution >= 4 is 43.0 Å². The molecule has 38 heavy (non-hydrogen) atoms. The van der Waals surface area contributed by atoms with E-state index in [0.29, 0.717) is 11.3 Å². The number of aryl methyl sites for hydroxylation is 2. The molecule has 0 amide bonds. The third kappa shape index (κ3) is 7.66. The van der Waals surface area contributed by atoms with Crippen LogP contribution in [0.5, 0.6) is 0 Å². The van der Waals surface area contributed by atoms with Gasteiger partial charge >= 0.3 is 0 Å². The lowest BCUT2D eigenvalue weighted by molar-refractivity contribution is 0.225. The molecular formula is C30H30BrN3O3S. The first-order valence-corrected chi connectivity index (χ1v) is 13.9. The van der Waals surface area contributed by atoms with Gasteiger partial charge in [0.1, 0.15) is 0 Å². The topological polar surface area (TPSA) is 104 Å². The van der Waals surface area contributed by atoms with Crippen LogP contribution in [0.3, 0.4) is 0 Å². The van der Waals surface area contributed by atoms with Gasteiger partial charge in [0, 0.05) is 27.0 Å². The molecule has 0 heterocycles. The summed E-state index contributed by atoms with van der Waals surface area (Å²) in [5, 5.41) is 17.1. The molecule has 4 aromatic carbocycles. The summed E-state index contributed by atoms with van der Waals surface area (Å²) >= 11 is 3.48. The Hall–Kier alpha value is -3.69. The van der Waals surface area contributed by atoms with Crippen LogP contribution in [0.15, 0.2) is 114 Å². The molecule has 0 bridgehead atoms. The quantitative estimate of drug-likeness (QED) is 0.172. The van der Waals surface area contributed by atoms with E-state index in [9.17, 15) is 8.42 Å². The van der Waals surface area contributed by atoms with Gasteiger partial charge in [-0.25, -0.2) is 13.6 Å². The lowest BCUT2D eigenvalue weighted by Crippen LogP contribution is -2.13. The Bertz CT molecular complexity index is 1570. The lowest BCUT2D eigenvalue weighted by Gasteiger charge is -2.14. The number of hydrogen-bond donors (Lipinski definition) is 4. The molecule has 0 atom stereocenters. The fourth-order valence-electron chi connectivity index (χ4n) is 3.74. The molecule has 4 rings (SSSR count). The largest absolute Gasteiger partial charge is 0.356 e. The molecule has 0 aromatic heterocycles. The van der Waals surface area contributed by atoms with Gasteiger partial charge in [-0.05, 0) is 66.9 Å². The highest BCUT2D eigenvalue weighted by Crippen LogP contribution is 2.29. The fraction of sp³-hybridized carbons (Fsp3) is 0.0667. The molecule has 5 N–H and O–H groups in total. The van der Waals surface area contributed by atoms with Crippen LogP contribution in [-0.2, 0) is 10.0 Å². The van der Waals surface area contributed by atoms with Crippen molar-refractivity contribution in [1.82, 2.24) is 5.48 Å². The average molecular weight is 593 g/mol. The summed E-state index contributed by atoms with van der Waals surface area (Å²) in [6.07, 6.45) is 0. The molecule has 0 fully saturated rings. The molecule has 0 saturated heterocycles. The standard InChI is InChI=1S/C21H19BrN2O2S.C9H11NO/c1-14-7-10-17(22)13-20(14)15(2)24-18-11-8-16(9-12-18)19-5-3-4-6-21(19)27(23,25)26;1-7-4-3-5-9(6-7)8(2)10-11/h3-13,24H,2H2,1H3,(H2,23,25,26);3-6,10-11H,2H2,1H3. The maximum Gasteiger partial charge on any atom is 0.238 e. The van der Waals surface area contributed by atoms with E-state index < -0.39 is 10.0 Å². The number of nitrogens with one attached hydrogen (secondary N) is 2. The van der Waals surface area contributed by atoms with Gasteiger partial charge in [0.25, 0.3) is 0 Å². The third-order valence-electron chi connectivity index (χ3n) is 5.71. The first-order valence-electron chi connectivity index (χ1n) is 11.6. The van der Waals surface area contributed by atoms with Gasteiger partial charge in [-0.2, -0.15) is 0 Å². The predicted octanol–water partition coefficient (Wildman–Crippen LogP) is 7.10. The third-order valence-corrected chi connectivity index (χ3v) is 7.17. The fourth-order valence-corrected chi connectivity index (χ4v) is 4.87. The number of rotatable bonds is 7. The van der Waals surface area contributed by atoms with E-state index in [1.807, 2.05) is 86.1 Å². The van der Waals surface area contributed by atoms with Gasteiger partial charge in [0.2, 0.25) is 10.0 Å². The molecule has 0 radical (unpaired) electrons. The molecule has 0 aliphatic heterocycles. The van der Waals surface area contributed by atoms with E-state index in [0.717, 1.165) is 43.7 Å². The monoisotopic (exact) mass is 591 g/mol. The molecule has 196 valence electrons. The summed E-state index contributed by atoms with van der Waals surface area (Å²) in [5.74, 6) is 0. The Balaban J connectivity index is 0.000000304. The first-order chi connectivity index (χ1) is 18.0. The molecule has 0 unspecified atom stereocenters. The van der Waals surface area contributed by atoms with Crippen LogP contribution in [0.1, 0.15) is 22.3 Å². The highest BCUT2D eigenvalue weighted by atomic mass is 79.9. The summed E-state index contributed by atoms with van der Waals surface area (Å²) in [6.45, 7) is 11.8. The zero-order valence-electron chi connectivity index (χ0n) is 21.2. The van der Waals surface area contributed by atoms with Gasteiger partial charge in [-0.3, -0.25) is 10.7 Å². The van der Waals surface area contributed by atoms with E-state index in [1.165, 1.54) is 6.07 Å². The van der Waals surface area contributed by atoms with Gasteiger partial charge < -0.3 is 5.32 Å². The highest BCUT2D eigenvalue weighted by Gasteiger charge is 2.14. The number of anilines is 1. The van der Waals surface area contributed by atoms with E-state index in [1.54, 1.807) is 18.2 Å². The molecule has 0 aliphatic carbocycles. The molecule has 0 saturated carbocycles. The van der Waals surface area contributed by atoms with Crippen LogP contribution >= 0.6 is 15.9 Å². The maximum absolute atomic E-state index is 11.8. The number of nitrogens with two attached hydrogens (primary N) is 1. The van der Waals surface area contributed by atoms with Crippen LogP contribution in [0.25, 0.3) is 22.5 Å². The maximum atomic E-state index is 11.8. The zero-order chi connectivity index (χ0) is 27.9. The predicted molar refractivity (Wildman–Crippen MR) is 160 cm³/mol. The number of hydroxylamine groups is 1. The minimum atomic E-state index is -3.79. The lowest BCUT2D eigenvalue weighted by atomic mass is 10.0.